The molecular weight excluding hydrogens is 388 g/mol. The van der Waals surface area contributed by atoms with E-state index < -0.39 is 17.7 Å². The summed E-state index contributed by atoms with van der Waals surface area (Å²) in [5.74, 6) is -1.54. The Labute approximate surface area is 181 Å². The number of rotatable bonds is 3. The molecule has 1 aliphatic heterocycles. The highest BCUT2D eigenvalue weighted by Gasteiger charge is 2.47. The van der Waals surface area contributed by atoms with E-state index in [4.69, 9.17) is 0 Å². The standard InChI is InChI=1S/C26H24N2O3/c1-15-7-8-17(3)21(12-15)28-23(20-6-5-11-27-14-20)22(25(30)26(28)31)24(29)19-10-9-16(2)18(4)13-19/h5-14,23,29H,1-4H3/b24-22-. The molecule has 5 heteroatoms. The van der Waals surface area contributed by atoms with Gasteiger partial charge in [-0.2, -0.15) is 0 Å². The van der Waals surface area contributed by atoms with E-state index in [9.17, 15) is 14.7 Å². The Bertz CT molecular complexity index is 1230. The molecule has 1 aromatic heterocycles. The summed E-state index contributed by atoms with van der Waals surface area (Å²) in [4.78, 5) is 32.1. The fraction of sp³-hybridized carbons (Fsp3) is 0.192. The minimum absolute atomic E-state index is 0.0714. The Morgan fingerprint density at radius 2 is 1.68 bits per heavy atom. The summed E-state index contributed by atoms with van der Waals surface area (Å²) in [6, 6.07) is 14.1. The van der Waals surface area contributed by atoms with Crippen LogP contribution in [0.5, 0.6) is 0 Å². The van der Waals surface area contributed by atoms with Crippen LogP contribution < -0.4 is 4.90 Å². The number of aliphatic hydroxyl groups is 1. The predicted octanol–water partition coefficient (Wildman–Crippen LogP) is 4.94. The molecule has 1 fully saturated rings. The van der Waals surface area contributed by atoms with Crippen molar-refractivity contribution in [3.05, 3.63) is 99.9 Å². The third-order valence-corrected chi connectivity index (χ3v) is 5.85. The Morgan fingerprint density at radius 1 is 0.935 bits per heavy atom. The SMILES string of the molecule is Cc1ccc(C)c(N2C(=O)C(=O)/C(=C(\O)c3ccc(C)c(C)c3)C2c2cccnc2)c1. The van der Waals surface area contributed by atoms with Crippen molar-refractivity contribution in [2.24, 2.45) is 0 Å². The van der Waals surface area contributed by atoms with Crippen LogP contribution in [0.3, 0.4) is 0 Å². The molecule has 1 aliphatic rings. The average Bonchev–Trinajstić information content (AvgIpc) is 3.02. The van der Waals surface area contributed by atoms with E-state index in [-0.39, 0.29) is 11.3 Å². The van der Waals surface area contributed by atoms with Crippen molar-refractivity contribution < 1.29 is 14.7 Å². The fourth-order valence-electron chi connectivity index (χ4n) is 3.96. The maximum absolute atomic E-state index is 13.2. The van der Waals surface area contributed by atoms with Gasteiger partial charge in [-0.1, -0.05) is 30.3 Å². The quantitative estimate of drug-likeness (QED) is 0.376. The molecule has 1 amide bonds. The molecule has 1 saturated heterocycles. The van der Waals surface area contributed by atoms with Gasteiger partial charge in [0.15, 0.2) is 0 Å². The first-order valence-corrected chi connectivity index (χ1v) is 10.2. The molecule has 2 heterocycles. The lowest BCUT2D eigenvalue weighted by atomic mass is 9.94. The first-order valence-electron chi connectivity index (χ1n) is 10.2. The number of carbonyl (C=O) groups excluding carboxylic acids is 2. The van der Waals surface area contributed by atoms with E-state index >= 15 is 0 Å². The van der Waals surface area contributed by atoms with Crippen molar-refractivity contribution >= 4 is 23.1 Å². The summed E-state index contributed by atoms with van der Waals surface area (Å²) in [7, 11) is 0. The second-order valence-electron chi connectivity index (χ2n) is 8.04. The summed E-state index contributed by atoms with van der Waals surface area (Å²) >= 11 is 0. The van der Waals surface area contributed by atoms with Gasteiger partial charge in [0.25, 0.3) is 11.7 Å². The third-order valence-electron chi connectivity index (χ3n) is 5.85. The summed E-state index contributed by atoms with van der Waals surface area (Å²) < 4.78 is 0. The number of Topliss-reactive ketones (excluding diaryl/α,β-unsaturated/α-hetero) is 1. The van der Waals surface area contributed by atoms with Gasteiger partial charge in [0.05, 0.1) is 11.6 Å². The number of amides is 1. The molecular formula is C26H24N2O3. The highest BCUT2D eigenvalue weighted by Crippen LogP contribution is 2.43. The number of anilines is 1. The summed E-state index contributed by atoms with van der Waals surface area (Å²) in [5.41, 5.74) is 5.80. The molecule has 3 aromatic rings. The predicted molar refractivity (Wildman–Crippen MR) is 121 cm³/mol. The van der Waals surface area contributed by atoms with Crippen molar-refractivity contribution in [2.75, 3.05) is 4.90 Å². The van der Waals surface area contributed by atoms with Crippen LogP contribution in [0.2, 0.25) is 0 Å². The first kappa shape index (κ1) is 20.5. The number of hydrogen-bond donors (Lipinski definition) is 1. The zero-order valence-corrected chi connectivity index (χ0v) is 18.0. The van der Waals surface area contributed by atoms with Crippen LogP contribution in [0.1, 0.15) is 39.4 Å². The van der Waals surface area contributed by atoms with Crippen molar-refractivity contribution in [3.8, 4) is 0 Å². The van der Waals surface area contributed by atoms with Gasteiger partial charge in [-0.3, -0.25) is 19.5 Å². The number of nitrogens with zero attached hydrogens (tertiary/aromatic N) is 2. The minimum atomic E-state index is -0.768. The van der Waals surface area contributed by atoms with Crippen molar-refractivity contribution in [1.29, 1.82) is 0 Å². The number of hydrogen-bond acceptors (Lipinski definition) is 4. The summed E-state index contributed by atoms with van der Waals surface area (Å²) in [6.45, 7) is 7.76. The van der Waals surface area contributed by atoms with Gasteiger partial charge < -0.3 is 5.11 Å². The average molecular weight is 412 g/mol. The molecule has 4 rings (SSSR count). The number of benzene rings is 2. The Balaban J connectivity index is 1.98. The molecule has 156 valence electrons. The zero-order chi connectivity index (χ0) is 22.3. The molecule has 0 spiro atoms. The first-order chi connectivity index (χ1) is 14.8. The van der Waals surface area contributed by atoms with Crippen LogP contribution in [-0.2, 0) is 9.59 Å². The Kier molecular flexibility index (Phi) is 5.19. The number of aryl methyl sites for hydroxylation is 4. The highest BCUT2D eigenvalue weighted by molar-refractivity contribution is 6.51. The topological polar surface area (TPSA) is 70.5 Å². The van der Waals surface area contributed by atoms with Gasteiger partial charge in [-0.25, -0.2) is 0 Å². The fourth-order valence-corrected chi connectivity index (χ4v) is 3.96. The van der Waals surface area contributed by atoms with Gasteiger partial charge in [-0.05, 0) is 73.7 Å². The molecule has 31 heavy (non-hydrogen) atoms. The van der Waals surface area contributed by atoms with Crippen LogP contribution in [-0.4, -0.2) is 21.8 Å². The molecule has 1 atom stereocenters. The number of aromatic nitrogens is 1. The van der Waals surface area contributed by atoms with Crippen LogP contribution in [0, 0.1) is 27.7 Å². The number of carbonyl (C=O) groups is 2. The second-order valence-corrected chi connectivity index (χ2v) is 8.04. The number of pyridine rings is 1. The monoisotopic (exact) mass is 412 g/mol. The zero-order valence-electron chi connectivity index (χ0n) is 18.0. The molecule has 2 aromatic carbocycles. The molecule has 0 aliphatic carbocycles. The number of aliphatic hydroxyl groups excluding tert-OH is 1. The van der Waals surface area contributed by atoms with E-state index in [2.05, 4.69) is 4.98 Å². The molecule has 1 unspecified atom stereocenters. The molecule has 5 nitrogen and oxygen atoms in total. The minimum Gasteiger partial charge on any atom is -0.507 e. The van der Waals surface area contributed by atoms with E-state index in [1.165, 1.54) is 4.90 Å². The van der Waals surface area contributed by atoms with Crippen LogP contribution >= 0.6 is 0 Å². The molecule has 0 radical (unpaired) electrons. The lowest BCUT2D eigenvalue weighted by Crippen LogP contribution is -2.30. The van der Waals surface area contributed by atoms with Crippen molar-refractivity contribution in [2.45, 2.75) is 33.7 Å². The second kappa shape index (κ2) is 7.84. The van der Waals surface area contributed by atoms with Crippen LogP contribution in [0.15, 0.2) is 66.5 Å². The maximum Gasteiger partial charge on any atom is 0.300 e. The van der Waals surface area contributed by atoms with E-state index in [0.29, 0.717) is 16.8 Å². The van der Waals surface area contributed by atoms with Crippen LogP contribution in [0.25, 0.3) is 5.76 Å². The number of ketones is 1. The molecule has 0 saturated carbocycles. The third kappa shape index (κ3) is 3.52. The Morgan fingerprint density at radius 3 is 2.35 bits per heavy atom. The lowest BCUT2D eigenvalue weighted by molar-refractivity contribution is -0.132. The molecule has 0 bridgehead atoms. The van der Waals surface area contributed by atoms with E-state index in [1.54, 1.807) is 24.5 Å². The largest absolute Gasteiger partial charge is 0.507 e. The van der Waals surface area contributed by atoms with Crippen LogP contribution in [0.4, 0.5) is 5.69 Å². The smallest absolute Gasteiger partial charge is 0.300 e. The van der Waals surface area contributed by atoms with Gasteiger partial charge >= 0.3 is 0 Å². The summed E-state index contributed by atoms with van der Waals surface area (Å²) in [6.07, 6.45) is 3.26. The van der Waals surface area contributed by atoms with Gasteiger partial charge in [0.1, 0.15) is 5.76 Å². The van der Waals surface area contributed by atoms with Gasteiger partial charge in [0, 0.05) is 23.6 Å². The van der Waals surface area contributed by atoms with E-state index in [0.717, 1.165) is 22.3 Å². The maximum atomic E-state index is 13.2. The highest BCUT2D eigenvalue weighted by atomic mass is 16.3. The van der Waals surface area contributed by atoms with E-state index in [1.807, 2.05) is 64.1 Å². The summed E-state index contributed by atoms with van der Waals surface area (Å²) in [5, 5.41) is 11.2. The Hall–Kier alpha value is -3.73. The normalized spacial score (nSPS) is 17.9. The van der Waals surface area contributed by atoms with Gasteiger partial charge in [0.2, 0.25) is 0 Å². The molecule has 1 N–H and O–H groups in total. The van der Waals surface area contributed by atoms with Crippen molar-refractivity contribution in [3.63, 3.8) is 0 Å². The van der Waals surface area contributed by atoms with Gasteiger partial charge in [-0.15, -0.1) is 0 Å². The van der Waals surface area contributed by atoms with Crippen molar-refractivity contribution in [1.82, 2.24) is 4.98 Å². The lowest BCUT2D eigenvalue weighted by Gasteiger charge is -2.27.